The number of hydrogen-bond donors (Lipinski definition) is 1. The molecule has 1 unspecified atom stereocenters. The van der Waals surface area contributed by atoms with Gasteiger partial charge in [0.1, 0.15) is 0 Å². The Bertz CT molecular complexity index is 1400. The molecule has 1 aromatic carbocycles. The van der Waals surface area contributed by atoms with E-state index in [1.165, 1.54) is 22.9 Å². The Hall–Kier alpha value is -3.57. The average molecular weight is 438 g/mol. The quantitative estimate of drug-likeness (QED) is 0.505. The van der Waals surface area contributed by atoms with Crippen LogP contribution in [-0.2, 0) is 10.0 Å². The van der Waals surface area contributed by atoms with Gasteiger partial charge in [-0.05, 0) is 24.6 Å². The highest BCUT2D eigenvalue weighted by molar-refractivity contribution is 7.89. The molecule has 11 heteroatoms. The highest BCUT2D eigenvalue weighted by atomic mass is 32.2. The molecule has 1 fully saturated rings. The third kappa shape index (κ3) is 3.68. The summed E-state index contributed by atoms with van der Waals surface area (Å²) in [5, 5.41) is 4.73. The van der Waals surface area contributed by atoms with Crippen molar-refractivity contribution in [3.05, 3.63) is 71.5 Å². The molecule has 1 N–H and O–H groups in total. The van der Waals surface area contributed by atoms with Gasteiger partial charge in [-0.25, -0.2) is 8.42 Å². The second kappa shape index (κ2) is 7.60. The number of fused-ring (bicyclic) bond motifs is 1. The van der Waals surface area contributed by atoms with Gasteiger partial charge >= 0.3 is 6.01 Å². The van der Waals surface area contributed by atoms with E-state index in [0.29, 0.717) is 36.2 Å². The van der Waals surface area contributed by atoms with Crippen LogP contribution in [0.15, 0.2) is 70.9 Å². The van der Waals surface area contributed by atoms with Gasteiger partial charge in [-0.1, -0.05) is 18.2 Å². The molecule has 10 nitrogen and oxygen atoms in total. The zero-order chi connectivity index (χ0) is 21.4. The fourth-order valence-corrected chi connectivity index (χ4v) is 5.10. The lowest BCUT2D eigenvalue weighted by Gasteiger charge is -2.16. The normalized spacial score (nSPS) is 17.2. The zero-order valence-electron chi connectivity index (χ0n) is 16.2. The average Bonchev–Trinajstić information content (AvgIpc) is 3.44. The number of benzene rings is 1. The van der Waals surface area contributed by atoms with Gasteiger partial charge in [0.15, 0.2) is 5.75 Å². The van der Waals surface area contributed by atoms with Gasteiger partial charge in [0.2, 0.25) is 10.0 Å². The molecule has 3 aromatic heterocycles. The van der Waals surface area contributed by atoms with Gasteiger partial charge in [0, 0.05) is 19.3 Å². The third-order valence-corrected chi connectivity index (χ3v) is 7.04. The fourth-order valence-electron chi connectivity index (χ4n) is 3.59. The SMILES string of the molecule is O=c1[nH]c(Oc2cnn(C3CCN(S(=O)(=O)c4ccccc4)C3)c2)nc2cnccc12. The Kier molecular flexibility index (Phi) is 4.75. The highest BCUT2D eigenvalue weighted by Crippen LogP contribution is 2.28. The number of H-pyrrole nitrogens is 1. The summed E-state index contributed by atoms with van der Waals surface area (Å²) in [5.74, 6) is 0.385. The van der Waals surface area contributed by atoms with Crippen molar-refractivity contribution < 1.29 is 13.2 Å². The lowest BCUT2D eigenvalue weighted by atomic mass is 10.3. The standard InChI is InChI=1S/C20H18N6O4S/c27-19-17-6-8-21-11-18(17)23-20(24-19)30-15-10-22-26(13-15)14-7-9-25(12-14)31(28,29)16-4-2-1-3-5-16/h1-6,8,10-11,13-14H,7,9,12H2,(H,23,24,27). The van der Waals surface area contributed by atoms with Crippen LogP contribution in [0.2, 0.25) is 0 Å². The van der Waals surface area contributed by atoms with Gasteiger partial charge in [0.25, 0.3) is 5.56 Å². The number of hydrogen-bond acceptors (Lipinski definition) is 7. The number of nitrogens with one attached hydrogen (secondary N) is 1. The molecule has 0 saturated carbocycles. The summed E-state index contributed by atoms with van der Waals surface area (Å²) in [5.41, 5.74) is 0.0959. The summed E-state index contributed by atoms with van der Waals surface area (Å²) in [4.78, 5) is 23.2. The van der Waals surface area contributed by atoms with Crippen molar-refractivity contribution in [2.45, 2.75) is 17.4 Å². The summed E-state index contributed by atoms with van der Waals surface area (Å²) in [6, 6.07) is 9.87. The van der Waals surface area contributed by atoms with Crippen LogP contribution in [0.5, 0.6) is 11.8 Å². The molecule has 0 bridgehead atoms. The van der Waals surface area contributed by atoms with Crippen LogP contribution in [0.3, 0.4) is 0 Å². The van der Waals surface area contributed by atoms with E-state index in [-0.39, 0.29) is 22.5 Å². The van der Waals surface area contributed by atoms with Gasteiger partial charge in [-0.15, -0.1) is 0 Å². The predicted octanol–water partition coefficient (Wildman–Crippen LogP) is 1.94. The number of nitrogens with zero attached hydrogens (tertiary/aromatic N) is 5. The second-order valence-electron chi connectivity index (χ2n) is 7.14. The van der Waals surface area contributed by atoms with Crippen molar-refractivity contribution in [2.24, 2.45) is 0 Å². The maximum atomic E-state index is 12.8. The van der Waals surface area contributed by atoms with Crippen molar-refractivity contribution in [1.82, 2.24) is 29.0 Å². The van der Waals surface area contributed by atoms with Crippen LogP contribution in [0.1, 0.15) is 12.5 Å². The minimum Gasteiger partial charge on any atom is -0.422 e. The first kappa shape index (κ1) is 19.4. The molecule has 1 saturated heterocycles. The Morgan fingerprint density at radius 1 is 1.13 bits per heavy atom. The van der Waals surface area contributed by atoms with Gasteiger partial charge in [-0.3, -0.25) is 19.4 Å². The summed E-state index contributed by atoms with van der Waals surface area (Å²) < 4.78 is 34.4. The molecule has 1 atom stereocenters. The van der Waals surface area contributed by atoms with Crippen molar-refractivity contribution in [1.29, 1.82) is 0 Å². The van der Waals surface area contributed by atoms with Crippen LogP contribution < -0.4 is 10.3 Å². The maximum absolute atomic E-state index is 12.8. The highest BCUT2D eigenvalue weighted by Gasteiger charge is 2.33. The van der Waals surface area contributed by atoms with Crippen LogP contribution in [-0.4, -0.2) is 50.5 Å². The Morgan fingerprint density at radius 2 is 1.97 bits per heavy atom. The molecular formula is C20H18N6O4S. The minimum absolute atomic E-state index is 0.0322. The van der Waals surface area contributed by atoms with E-state index in [1.54, 1.807) is 47.3 Å². The Morgan fingerprint density at radius 3 is 2.81 bits per heavy atom. The molecule has 4 heterocycles. The van der Waals surface area contributed by atoms with E-state index in [4.69, 9.17) is 4.74 Å². The van der Waals surface area contributed by atoms with Crippen LogP contribution in [0.4, 0.5) is 0 Å². The molecule has 158 valence electrons. The molecule has 0 aliphatic carbocycles. The van der Waals surface area contributed by atoms with E-state index in [2.05, 4.69) is 20.1 Å². The number of rotatable bonds is 5. The van der Waals surface area contributed by atoms with Crippen LogP contribution in [0, 0.1) is 0 Å². The first-order valence-corrected chi connectivity index (χ1v) is 11.1. The fraction of sp³-hybridized carbons (Fsp3) is 0.200. The maximum Gasteiger partial charge on any atom is 0.302 e. The largest absolute Gasteiger partial charge is 0.422 e. The zero-order valence-corrected chi connectivity index (χ0v) is 17.1. The molecule has 31 heavy (non-hydrogen) atoms. The lowest BCUT2D eigenvalue weighted by molar-refractivity contribution is 0.426. The summed E-state index contributed by atoms with van der Waals surface area (Å²) in [6.45, 7) is 0.722. The number of pyridine rings is 1. The second-order valence-corrected chi connectivity index (χ2v) is 9.08. The summed E-state index contributed by atoms with van der Waals surface area (Å²) >= 11 is 0. The molecular weight excluding hydrogens is 420 g/mol. The number of aromatic nitrogens is 5. The van der Waals surface area contributed by atoms with Crippen LogP contribution >= 0.6 is 0 Å². The Balaban J connectivity index is 1.32. The predicted molar refractivity (Wildman–Crippen MR) is 111 cm³/mol. The van der Waals surface area contributed by atoms with E-state index >= 15 is 0 Å². The lowest BCUT2D eigenvalue weighted by Crippen LogP contribution is -2.29. The topological polar surface area (TPSA) is 123 Å². The van der Waals surface area contributed by atoms with E-state index < -0.39 is 10.0 Å². The number of ether oxygens (including phenoxy) is 1. The van der Waals surface area contributed by atoms with Crippen molar-refractivity contribution in [3.63, 3.8) is 0 Å². The van der Waals surface area contributed by atoms with Gasteiger partial charge < -0.3 is 4.74 Å². The number of sulfonamides is 1. The summed E-state index contributed by atoms with van der Waals surface area (Å²) in [6.07, 6.45) is 6.80. The van der Waals surface area contributed by atoms with E-state index in [0.717, 1.165) is 0 Å². The van der Waals surface area contributed by atoms with Gasteiger partial charge in [0.05, 0.1) is 40.4 Å². The Labute approximate surface area is 177 Å². The van der Waals surface area contributed by atoms with Crippen LogP contribution in [0.25, 0.3) is 10.9 Å². The van der Waals surface area contributed by atoms with Crippen molar-refractivity contribution in [3.8, 4) is 11.8 Å². The molecule has 4 aromatic rings. The van der Waals surface area contributed by atoms with Gasteiger partial charge in [-0.2, -0.15) is 14.4 Å². The molecule has 0 amide bonds. The first-order valence-electron chi connectivity index (χ1n) is 9.62. The summed E-state index contributed by atoms with van der Waals surface area (Å²) in [7, 11) is -3.54. The monoisotopic (exact) mass is 438 g/mol. The first-order chi connectivity index (χ1) is 15.0. The van der Waals surface area contributed by atoms with E-state index in [1.807, 2.05) is 0 Å². The third-order valence-electron chi connectivity index (χ3n) is 5.16. The molecule has 5 rings (SSSR count). The van der Waals surface area contributed by atoms with E-state index in [9.17, 15) is 13.2 Å². The smallest absolute Gasteiger partial charge is 0.302 e. The molecule has 1 aliphatic rings. The molecule has 1 aliphatic heterocycles. The molecule has 0 radical (unpaired) electrons. The minimum atomic E-state index is -3.54. The van der Waals surface area contributed by atoms with Crippen molar-refractivity contribution in [2.75, 3.05) is 13.1 Å². The number of aromatic amines is 1. The molecule has 0 spiro atoms. The van der Waals surface area contributed by atoms with Crippen molar-refractivity contribution >= 4 is 20.9 Å².